The molecule has 160 valence electrons. The molecule has 31 heavy (non-hydrogen) atoms. The first-order valence-electron chi connectivity index (χ1n) is 10.5. The van der Waals surface area contributed by atoms with Gasteiger partial charge in [-0.1, -0.05) is 5.16 Å². The van der Waals surface area contributed by atoms with E-state index < -0.39 is 11.6 Å². The van der Waals surface area contributed by atoms with Crippen LogP contribution in [0.15, 0.2) is 35.0 Å². The Kier molecular flexibility index (Phi) is 5.00. The van der Waals surface area contributed by atoms with E-state index in [0.717, 1.165) is 60.6 Å². The molecule has 8 heteroatoms. The van der Waals surface area contributed by atoms with Crippen molar-refractivity contribution in [1.82, 2.24) is 20.0 Å². The number of rotatable bonds is 4. The third-order valence-corrected chi connectivity index (χ3v) is 5.93. The van der Waals surface area contributed by atoms with Crippen LogP contribution >= 0.6 is 0 Å². The topological polar surface area (TPSA) is 72.1 Å². The SMILES string of the molecule is Cc1cc(-c2cnc(C3CC3)nc2C2CCCN(C(=O)c3ccc(F)c(F)c3)C2)on1. The number of aromatic nitrogens is 3. The smallest absolute Gasteiger partial charge is 0.253 e. The molecule has 1 aromatic carbocycles. The molecular weight excluding hydrogens is 402 g/mol. The molecule has 0 bridgehead atoms. The average Bonchev–Trinajstić information content (AvgIpc) is 3.55. The zero-order valence-electron chi connectivity index (χ0n) is 17.1. The highest BCUT2D eigenvalue weighted by molar-refractivity contribution is 5.94. The minimum absolute atomic E-state index is 0.0103. The van der Waals surface area contributed by atoms with Gasteiger partial charge >= 0.3 is 0 Å². The molecular formula is C23H22F2N4O2. The number of amides is 1. The molecule has 0 N–H and O–H groups in total. The van der Waals surface area contributed by atoms with Crippen molar-refractivity contribution in [2.45, 2.75) is 44.4 Å². The number of carbonyl (C=O) groups excluding carboxylic acids is 1. The number of aryl methyl sites for hydroxylation is 1. The van der Waals surface area contributed by atoms with E-state index in [1.54, 1.807) is 11.1 Å². The molecule has 2 fully saturated rings. The Bertz CT molecular complexity index is 1140. The monoisotopic (exact) mass is 424 g/mol. The third kappa shape index (κ3) is 3.94. The minimum atomic E-state index is -1.02. The number of benzene rings is 1. The van der Waals surface area contributed by atoms with Crippen molar-refractivity contribution in [2.24, 2.45) is 0 Å². The second kappa shape index (κ2) is 7.83. The lowest BCUT2D eigenvalue weighted by Crippen LogP contribution is -2.39. The summed E-state index contributed by atoms with van der Waals surface area (Å²) in [5.74, 6) is -0.465. The van der Waals surface area contributed by atoms with Crippen LogP contribution in [0.3, 0.4) is 0 Å². The third-order valence-electron chi connectivity index (χ3n) is 5.93. The number of hydrogen-bond donors (Lipinski definition) is 0. The molecule has 5 rings (SSSR count). The van der Waals surface area contributed by atoms with Crippen LogP contribution in [-0.2, 0) is 0 Å². The second-order valence-electron chi connectivity index (χ2n) is 8.35. The maximum atomic E-state index is 13.6. The molecule has 6 nitrogen and oxygen atoms in total. The van der Waals surface area contributed by atoms with Gasteiger partial charge in [0.05, 0.1) is 17.0 Å². The van der Waals surface area contributed by atoms with E-state index in [-0.39, 0.29) is 17.4 Å². The highest BCUT2D eigenvalue weighted by atomic mass is 19.2. The largest absolute Gasteiger partial charge is 0.356 e. The van der Waals surface area contributed by atoms with Gasteiger partial charge in [-0.05, 0) is 50.8 Å². The zero-order valence-corrected chi connectivity index (χ0v) is 17.1. The van der Waals surface area contributed by atoms with Crippen LogP contribution in [0, 0.1) is 18.6 Å². The van der Waals surface area contributed by atoms with Crippen LogP contribution in [0.5, 0.6) is 0 Å². The standard InChI is InChI=1S/C23H22F2N4O2/c1-13-9-20(31-28-13)17-11-26-22(14-4-5-14)27-21(17)16-3-2-8-29(12-16)23(30)15-6-7-18(24)19(25)10-15/h6-7,9-11,14,16H,2-5,8,12H2,1H3. The Morgan fingerprint density at radius 3 is 2.68 bits per heavy atom. The summed E-state index contributed by atoms with van der Waals surface area (Å²) < 4.78 is 32.4. The van der Waals surface area contributed by atoms with E-state index in [4.69, 9.17) is 9.51 Å². The van der Waals surface area contributed by atoms with Crippen molar-refractivity contribution in [1.29, 1.82) is 0 Å². The van der Waals surface area contributed by atoms with Crippen molar-refractivity contribution in [3.05, 3.63) is 64.9 Å². The summed E-state index contributed by atoms with van der Waals surface area (Å²) in [5.41, 5.74) is 2.56. The first kappa shape index (κ1) is 19.8. The number of carbonyl (C=O) groups is 1. The van der Waals surface area contributed by atoms with E-state index in [0.29, 0.717) is 24.8 Å². The molecule has 1 aliphatic heterocycles. The first-order chi connectivity index (χ1) is 15.0. The second-order valence-corrected chi connectivity index (χ2v) is 8.35. The van der Waals surface area contributed by atoms with E-state index >= 15 is 0 Å². The van der Waals surface area contributed by atoms with Crippen molar-refractivity contribution in [3.8, 4) is 11.3 Å². The van der Waals surface area contributed by atoms with Gasteiger partial charge in [-0.3, -0.25) is 4.79 Å². The molecule has 1 aliphatic carbocycles. The lowest BCUT2D eigenvalue weighted by Gasteiger charge is -2.33. The number of likely N-dealkylation sites (tertiary alicyclic amines) is 1. The summed E-state index contributed by atoms with van der Waals surface area (Å²) in [5, 5.41) is 3.99. The van der Waals surface area contributed by atoms with Gasteiger partial charge < -0.3 is 9.42 Å². The maximum absolute atomic E-state index is 13.6. The predicted molar refractivity (Wildman–Crippen MR) is 108 cm³/mol. The van der Waals surface area contributed by atoms with E-state index in [1.807, 2.05) is 13.0 Å². The summed E-state index contributed by atoms with van der Waals surface area (Å²) in [6.07, 6.45) is 5.63. The van der Waals surface area contributed by atoms with Crippen molar-refractivity contribution in [2.75, 3.05) is 13.1 Å². The number of hydrogen-bond acceptors (Lipinski definition) is 5. The zero-order chi connectivity index (χ0) is 21.5. The van der Waals surface area contributed by atoms with Crippen LogP contribution < -0.4 is 0 Å². The van der Waals surface area contributed by atoms with Gasteiger partial charge in [-0.25, -0.2) is 18.7 Å². The van der Waals surface area contributed by atoms with Crippen LogP contribution in [0.4, 0.5) is 8.78 Å². The van der Waals surface area contributed by atoms with Crippen LogP contribution in [0.2, 0.25) is 0 Å². The Morgan fingerprint density at radius 1 is 1.13 bits per heavy atom. The van der Waals surface area contributed by atoms with E-state index in [1.165, 1.54) is 6.07 Å². The summed E-state index contributed by atoms with van der Waals surface area (Å²) in [6, 6.07) is 5.12. The highest BCUT2D eigenvalue weighted by Crippen LogP contribution is 2.40. The Hall–Kier alpha value is -3.16. The van der Waals surface area contributed by atoms with Crippen LogP contribution in [-0.4, -0.2) is 39.0 Å². The minimum Gasteiger partial charge on any atom is -0.356 e. The molecule has 3 heterocycles. The Balaban J connectivity index is 1.45. The molecule has 2 aromatic heterocycles. The van der Waals surface area contributed by atoms with Gasteiger partial charge in [0.2, 0.25) is 0 Å². The molecule has 1 atom stereocenters. The maximum Gasteiger partial charge on any atom is 0.253 e. The molecule has 0 radical (unpaired) electrons. The molecule has 1 saturated heterocycles. The Morgan fingerprint density at radius 2 is 1.97 bits per heavy atom. The van der Waals surface area contributed by atoms with Crippen molar-refractivity contribution >= 4 is 5.91 Å². The number of piperidine rings is 1. The number of nitrogens with zero attached hydrogens (tertiary/aromatic N) is 4. The van der Waals surface area contributed by atoms with E-state index in [9.17, 15) is 13.6 Å². The molecule has 1 amide bonds. The molecule has 1 unspecified atom stereocenters. The molecule has 0 spiro atoms. The quantitative estimate of drug-likeness (QED) is 0.611. The fourth-order valence-corrected chi connectivity index (χ4v) is 4.14. The predicted octanol–water partition coefficient (Wildman–Crippen LogP) is 4.62. The molecule has 3 aromatic rings. The average molecular weight is 424 g/mol. The van der Waals surface area contributed by atoms with Crippen LogP contribution in [0.25, 0.3) is 11.3 Å². The van der Waals surface area contributed by atoms with Gasteiger partial charge in [0.25, 0.3) is 5.91 Å². The number of halogens is 2. The van der Waals surface area contributed by atoms with Crippen LogP contribution in [0.1, 0.15) is 65.1 Å². The lowest BCUT2D eigenvalue weighted by atomic mass is 9.90. The normalized spacial score (nSPS) is 18.9. The van der Waals surface area contributed by atoms with Gasteiger partial charge in [-0.15, -0.1) is 0 Å². The van der Waals surface area contributed by atoms with E-state index in [2.05, 4.69) is 10.1 Å². The fourth-order valence-electron chi connectivity index (χ4n) is 4.14. The molecule has 2 aliphatic rings. The first-order valence-corrected chi connectivity index (χ1v) is 10.5. The fraction of sp³-hybridized carbons (Fsp3) is 0.391. The summed E-state index contributed by atoms with van der Waals surface area (Å²) in [4.78, 5) is 24.1. The summed E-state index contributed by atoms with van der Waals surface area (Å²) >= 11 is 0. The summed E-state index contributed by atoms with van der Waals surface area (Å²) in [7, 11) is 0. The Labute approximate surface area is 178 Å². The van der Waals surface area contributed by atoms with Gasteiger partial charge in [-0.2, -0.15) is 0 Å². The highest BCUT2D eigenvalue weighted by Gasteiger charge is 2.32. The van der Waals surface area contributed by atoms with Gasteiger partial charge in [0.1, 0.15) is 5.82 Å². The van der Waals surface area contributed by atoms with Gasteiger partial charge in [0.15, 0.2) is 17.4 Å². The van der Waals surface area contributed by atoms with Crippen molar-refractivity contribution in [3.63, 3.8) is 0 Å². The summed E-state index contributed by atoms with van der Waals surface area (Å²) in [6.45, 7) is 2.86. The van der Waals surface area contributed by atoms with Gasteiger partial charge in [0, 0.05) is 42.8 Å². The molecule has 1 saturated carbocycles. The van der Waals surface area contributed by atoms with Crippen molar-refractivity contribution < 1.29 is 18.1 Å². The lowest BCUT2D eigenvalue weighted by molar-refractivity contribution is 0.0705.